The van der Waals surface area contributed by atoms with Gasteiger partial charge in [0, 0.05) is 17.5 Å². The third kappa shape index (κ3) is 2.91. The van der Waals surface area contributed by atoms with Crippen molar-refractivity contribution in [3.63, 3.8) is 0 Å². The number of hydrogen-bond donors (Lipinski definition) is 2. The molecule has 0 bridgehead atoms. The summed E-state index contributed by atoms with van der Waals surface area (Å²) in [6.45, 7) is 3.16. The van der Waals surface area contributed by atoms with Crippen LogP contribution in [0.1, 0.15) is 22.3 Å². The Bertz CT molecular complexity index is 551. The zero-order chi connectivity index (χ0) is 13.1. The van der Waals surface area contributed by atoms with Crippen molar-refractivity contribution in [2.75, 3.05) is 12.3 Å². The highest BCUT2D eigenvalue weighted by Crippen LogP contribution is 2.23. The molecule has 0 aliphatic carbocycles. The number of rotatable bonds is 4. The van der Waals surface area contributed by atoms with Gasteiger partial charge in [0.25, 0.3) is 5.91 Å². The van der Waals surface area contributed by atoms with Crippen molar-refractivity contribution < 1.29 is 4.79 Å². The third-order valence-corrected chi connectivity index (χ3v) is 4.08. The largest absolute Gasteiger partial charge is 0.382 e. The molecule has 7 heteroatoms. The van der Waals surface area contributed by atoms with Crippen molar-refractivity contribution in [1.82, 2.24) is 15.1 Å². The van der Waals surface area contributed by atoms with Crippen LogP contribution >= 0.6 is 27.3 Å². The Labute approximate surface area is 117 Å². The van der Waals surface area contributed by atoms with Crippen molar-refractivity contribution in [2.45, 2.75) is 13.5 Å². The van der Waals surface area contributed by atoms with E-state index in [4.69, 9.17) is 5.73 Å². The maximum absolute atomic E-state index is 12.2. The van der Waals surface area contributed by atoms with Crippen molar-refractivity contribution in [3.05, 3.63) is 32.6 Å². The minimum atomic E-state index is -0.0915. The zero-order valence-corrected chi connectivity index (χ0v) is 12.2. The summed E-state index contributed by atoms with van der Waals surface area (Å²) in [5.74, 6) is 0.236. The number of carbonyl (C=O) groups is 1. The van der Waals surface area contributed by atoms with E-state index in [0.29, 0.717) is 24.6 Å². The number of aromatic nitrogens is 2. The highest BCUT2D eigenvalue weighted by Gasteiger charge is 2.17. The molecular weight excluding hydrogens is 316 g/mol. The van der Waals surface area contributed by atoms with Gasteiger partial charge in [-0.05, 0) is 35.0 Å². The number of nitrogens with zero attached hydrogens (tertiary/aromatic N) is 2. The zero-order valence-electron chi connectivity index (χ0n) is 9.81. The second-order valence-corrected chi connectivity index (χ2v) is 6.28. The Morgan fingerprint density at radius 2 is 2.39 bits per heavy atom. The molecular formula is C11H13BrN4OS. The van der Waals surface area contributed by atoms with E-state index in [2.05, 4.69) is 26.1 Å². The smallest absolute Gasteiger partial charge is 0.272 e. The molecule has 0 atom stereocenters. The number of nitrogens with one attached hydrogen (secondary N) is 1. The molecule has 0 radical (unpaired) electrons. The third-order valence-electron chi connectivity index (χ3n) is 2.47. The van der Waals surface area contributed by atoms with Crippen LogP contribution in [-0.2, 0) is 6.54 Å². The Hall–Kier alpha value is -1.34. The molecule has 0 unspecified atom stereocenters. The highest BCUT2D eigenvalue weighted by molar-refractivity contribution is 9.11. The van der Waals surface area contributed by atoms with Crippen LogP contribution in [0.25, 0.3) is 0 Å². The Morgan fingerprint density at radius 1 is 1.61 bits per heavy atom. The number of aromatic amines is 1. The fourth-order valence-electron chi connectivity index (χ4n) is 1.57. The number of H-pyrrole nitrogens is 1. The average molecular weight is 329 g/mol. The standard InChI is InChI=1S/C11H13BrN4OS/c1-2-16(6-7-3-4-9(12)18-7)11(17)8-5-10(13)15-14-8/h3-5H,2,6H2,1H3,(H3,13,14,15). The molecule has 2 rings (SSSR count). The lowest BCUT2D eigenvalue weighted by atomic mass is 10.3. The highest BCUT2D eigenvalue weighted by atomic mass is 79.9. The maximum atomic E-state index is 12.2. The molecule has 0 fully saturated rings. The second-order valence-electron chi connectivity index (χ2n) is 3.73. The van der Waals surface area contributed by atoms with E-state index in [-0.39, 0.29) is 5.91 Å². The summed E-state index contributed by atoms with van der Waals surface area (Å²) >= 11 is 5.03. The molecule has 0 aliphatic rings. The van der Waals surface area contributed by atoms with Gasteiger partial charge in [-0.25, -0.2) is 0 Å². The predicted molar refractivity (Wildman–Crippen MR) is 75.4 cm³/mol. The van der Waals surface area contributed by atoms with Gasteiger partial charge in [-0.3, -0.25) is 9.89 Å². The van der Waals surface area contributed by atoms with E-state index < -0.39 is 0 Å². The van der Waals surface area contributed by atoms with E-state index in [1.165, 1.54) is 0 Å². The van der Waals surface area contributed by atoms with Crippen molar-refractivity contribution in [1.29, 1.82) is 0 Å². The summed E-state index contributed by atoms with van der Waals surface area (Å²) < 4.78 is 1.06. The molecule has 96 valence electrons. The van der Waals surface area contributed by atoms with Gasteiger partial charge in [-0.15, -0.1) is 11.3 Å². The number of anilines is 1. The minimum Gasteiger partial charge on any atom is -0.382 e. The van der Waals surface area contributed by atoms with Gasteiger partial charge in [0.1, 0.15) is 11.5 Å². The molecule has 2 aromatic heterocycles. The van der Waals surface area contributed by atoms with Gasteiger partial charge in [0.2, 0.25) is 0 Å². The van der Waals surface area contributed by atoms with E-state index >= 15 is 0 Å². The maximum Gasteiger partial charge on any atom is 0.272 e. The van der Waals surface area contributed by atoms with Crippen LogP contribution in [0.2, 0.25) is 0 Å². The SMILES string of the molecule is CCN(Cc1ccc(Br)s1)C(=O)c1cc(N)n[nH]1. The van der Waals surface area contributed by atoms with E-state index in [0.717, 1.165) is 8.66 Å². The van der Waals surface area contributed by atoms with Crippen molar-refractivity contribution in [2.24, 2.45) is 0 Å². The molecule has 2 heterocycles. The summed E-state index contributed by atoms with van der Waals surface area (Å²) in [6, 6.07) is 5.54. The summed E-state index contributed by atoms with van der Waals surface area (Å²) in [7, 11) is 0. The second kappa shape index (κ2) is 5.53. The number of thiophene rings is 1. The van der Waals surface area contributed by atoms with Crippen molar-refractivity contribution in [3.8, 4) is 0 Å². The topological polar surface area (TPSA) is 75.0 Å². The minimum absolute atomic E-state index is 0.0915. The van der Waals surface area contributed by atoms with Crippen LogP contribution in [0, 0.1) is 0 Å². The normalized spacial score (nSPS) is 10.6. The van der Waals surface area contributed by atoms with E-state index in [1.54, 1.807) is 22.3 Å². The summed E-state index contributed by atoms with van der Waals surface area (Å²) in [4.78, 5) is 15.1. The molecule has 18 heavy (non-hydrogen) atoms. The van der Waals surface area contributed by atoms with Gasteiger partial charge >= 0.3 is 0 Å². The first-order valence-electron chi connectivity index (χ1n) is 5.44. The number of halogens is 1. The molecule has 1 amide bonds. The molecule has 5 nitrogen and oxygen atoms in total. The van der Waals surface area contributed by atoms with Crippen LogP contribution in [0.5, 0.6) is 0 Å². The van der Waals surface area contributed by atoms with Gasteiger partial charge in [0.05, 0.1) is 10.3 Å². The van der Waals surface area contributed by atoms with Gasteiger partial charge in [-0.2, -0.15) is 5.10 Å². The lowest BCUT2D eigenvalue weighted by Gasteiger charge is -2.18. The lowest BCUT2D eigenvalue weighted by Crippen LogP contribution is -2.30. The first-order valence-corrected chi connectivity index (χ1v) is 7.05. The Kier molecular flexibility index (Phi) is 4.03. The van der Waals surface area contributed by atoms with Crippen LogP contribution < -0.4 is 5.73 Å². The molecule has 0 saturated heterocycles. The summed E-state index contributed by atoms with van der Waals surface area (Å²) in [5, 5.41) is 6.40. The van der Waals surface area contributed by atoms with E-state index in [9.17, 15) is 4.79 Å². The lowest BCUT2D eigenvalue weighted by molar-refractivity contribution is 0.0748. The fraction of sp³-hybridized carbons (Fsp3) is 0.273. The number of nitrogen functional groups attached to an aromatic ring is 1. The molecule has 0 aromatic carbocycles. The predicted octanol–water partition coefficient (Wildman–Crippen LogP) is 2.48. The molecule has 0 aliphatic heterocycles. The Morgan fingerprint density at radius 3 is 2.89 bits per heavy atom. The van der Waals surface area contributed by atoms with E-state index in [1.807, 2.05) is 19.1 Å². The quantitative estimate of drug-likeness (QED) is 0.905. The van der Waals surface area contributed by atoms with Crippen LogP contribution in [0.15, 0.2) is 22.0 Å². The summed E-state index contributed by atoms with van der Waals surface area (Å²) in [6.07, 6.45) is 0. The fourth-order valence-corrected chi connectivity index (χ4v) is 3.07. The molecule has 0 saturated carbocycles. The average Bonchev–Trinajstić information content (AvgIpc) is 2.94. The Balaban J connectivity index is 2.11. The monoisotopic (exact) mass is 328 g/mol. The first-order chi connectivity index (χ1) is 8.60. The van der Waals surface area contributed by atoms with Crippen LogP contribution in [0.4, 0.5) is 5.82 Å². The van der Waals surface area contributed by atoms with Crippen LogP contribution in [-0.4, -0.2) is 27.5 Å². The molecule has 2 aromatic rings. The molecule has 0 spiro atoms. The molecule has 3 N–H and O–H groups in total. The van der Waals surface area contributed by atoms with Crippen molar-refractivity contribution >= 4 is 39.0 Å². The van der Waals surface area contributed by atoms with Gasteiger partial charge < -0.3 is 10.6 Å². The number of carbonyl (C=O) groups excluding carboxylic acids is 1. The number of amides is 1. The number of nitrogens with two attached hydrogens (primary N) is 1. The summed E-state index contributed by atoms with van der Waals surface area (Å²) in [5.41, 5.74) is 5.92. The van der Waals surface area contributed by atoms with Gasteiger partial charge in [-0.1, -0.05) is 0 Å². The first kappa shape index (κ1) is 13.1. The van der Waals surface area contributed by atoms with Crippen LogP contribution in [0.3, 0.4) is 0 Å². The van der Waals surface area contributed by atoms with Gasteiger partial charge in [0.15, 0.2) is 0 Å². The number of hydrogen-bond acceptors (Lipinski definition) is 4.